The molecule has 1 aliphatic rings. The average molecular weight is 248 g/mol. The fourth-order valence-electron chi connectivity index (χ4n) is 2.51. The molecule has 0 aliphatic carbocycles. The summed E-state index contributed by atoms with van der Waals surface area (Å²) in [7, 11) is 2.15. The molecule has 0 bridgehead atoms. The normalized spacial score (nSPS) is 23.7. The van der Waals surface area contributed by atoms with Crippen molar-refractivity contribution in [2.45, 2.75) is 32.8 Å². The van der Waals surface area contributed by atoms with Crippen LogP contribution in [0.4, 0.5) is 0 Å². The lowest BCUT2D eigenvalue weighted by Gasteiger charge is -2.26. The van der Waals surface area contributed by atoms with Crippen molar-refractivity contribution in [2.75, 3.05) is 20.1 Å². The number of rotatable bonds is 2. The quantitative estimate of drug-likeness (QED) is 0.796. The summed E-state index contributed by atoms with van der Waals surface area (Å²) in [6.45, 7) is 6.10. The highest BCUT2D eigenvalue weighted by atomic mass is 16.5. The van der Waals surface area contributed by atoms with Crippen molar-refractivity contribution < 1.29 is 14.4 Å². The lowest BCUT2D eigenvalue weighted by Crippen LogP contribution is -3.11. The van der Waals surface area contributed by atoms with E-state index in [1.807, 2.05) is 32.0 Å². The predicted octanol–water partition coefficient (Wildman–Crippen LogP) is 1.14. The summed E-state index contributed by atoms with van der Waals surface area (Å²) in [5.41, 5.74) is 2.87. The zero-order chi connectivity index (χ0) is 13.1. The van der Waals surface area contributed by atoms with Gasteiger partial charge in [0.1, 0.15) is 6.54 Å². The predicted molar refractivity (Wildman–Crippen MR) is 71.0 cm³/mol. The van der Waals surface area contributed by atoms with E-state index < -0.39 is 0 Å². The van der Waals surface area contributed by atoms with Crippen molar-refractivity contribution in [3.8, 4) is 0 Å². The van der Waals surface area contributed by atoms with Crippen LogP contribution in [0.3, 0.4) is 0 Å². The van der Waals surface area contributed by atoms with Gasteiger partial charge < -0.3 is 9.64 Å². The minimum Gasteiger partial charge on any atom is -0.453 e. The summed E-state index contributed by atoms with van der Waals surface area (Å²) in [6.07, 6.45) is 2.20. The van der Waals surface area contributed by atoms with Crippen LogP contribution >= 0.6 is 0 Å². The van der Waals surface area contributed by atoms with Crippen LogP contribution in [0.15, 0.2) is 18.2 Å². The van der Waals surface area contributed by atoms with E-state index in [-0.39, 0.29) is 12.1 Å². The van der Waals surface area contributed by atoms with Crippen LogP contribution in [0.1, 0.15) is 34.3 Å². The molecule has 0 amide bonds. The van der Waals surface area contributed by atoms with Gasteiger partial charge in [0.25, 0.3) is 0 Å². The van der Waals surface area contributed by atoms with Crippen molar-refractivity contribution in [3.63, 3.8) is 0 Å². The Bertz CT molecular complexity index is 442. The number of esters is 1. The van der Waals surface area contributed by atoms with Crippen LogP contribution in [0.2, 0.25) is 0 Å². The molecular weight excluding hydrogens is 226 g/mol. The second kappa shape index (κ2) is 5.53. The first-order valence-corrected chi connectivity index (χ1v) is 6.66. The molecule has 0 saturated carbocycles. The van der Waals surface area contributed by atoms with Crippen molar-refractivity contribution in [1.29, 1.82) is 0 Å². The van der Waals surface area contributed by atoms with E-state index >= 15 is 0 Å². The third-order valence-corrected chi connectivity index (χ3v) is 3.80. The molecule has 0 radical (unpaired) electrons. The molecule has 1 aliphatic heterocycles. The zero-order valence-corrected chi connectivity index (χ0v) is 11.5. The van der Waals surface area contributed by atoms with Crippen molar-refractivity contribution in [1.82, 2.24) is 0 Å². The molecule has 18 heavy (non-hydrogen) atoms. The van der Waals surface area contributed by atoms with Gasteiger partial charge in [-0.1, -0.05) is 12.1 Å². The van der Waals surface area contributed by atoms with Gasteiger partial charge in [0, 0.05) is 6.42 Å². The van der Waals surface area contributed by atoms with Gasteiger partial charge in [-0.25, -0.2) is 4.79 Å². The molecular formula is C15H22NO2+. The number of hydrogen-bond acceptors (Lipinski definition) is 2. The third-order valence-electron chi connectivity index (χ3n) is 3.80. The average Bonchev–Trinajstić information content (AvgIpc) is 2.32. The standard InChI is InChI=1S/C15H21NO2/c1-11-6-4-8-14(12(11)2)15(17)18-13-7-5-9-16(3)10-13/h4,6,8,13H,5,7,9-10H2,1-3H3/p+1/t13-/m1/s1. The highest BCUT2D eigenvalue weighted by molar-refractivity contribution is 5.91. The largest absolute Gasteiger partial charge is 0.453 e. The molecule has 0 aromatic heterocycles. The first kappa shape index (κ1) is 13.1. The van der Waals surface area contributed by atoms with E-state index in [1.54, 1.807) is 0 Å². The number of likely N-dealkylation sites (tertiary alicyclic amines) is 1. The molecule has 2 rings (SSSR count). The number of quaternary nitrogens is 1. The number of aryl methyl sites for hydroxylation is 1. The Labute approximate surface area is 109 Å². The van der Waals surface area contributed by atoms with Gasteiger partial charge in [0.2, 0.25) is 0 Å². The number of piperidine rings is 1. The van der Waals surface area contributed by atoms with Crippen molar-refractivity contribution >= 4 is 5.97 Å². The Morgan fingerprint density at radius 1 is 1.39 bits per heavy atom. The molecule has 1 heterocycles. The molecule has 3 heteroatoms. The fourth-order valence-corrected chi connectivity index (χ4v) is 2.51. The molecule has 3 nitrogen and oxygen atoms in total. The molecule has 1 fully saturated rings. The van der Waals surface area contributed by atoms with Gasteiger partial charge in [0.15, 0.2) is 6.10 Å². The number of hydrogen-bond donors (Lipinski definition) is 1. The maximum atomic E-state index is 12.2. The summed E-state index contributed by atoms with van der Waals surface area (Å²) in [5, 5.41) is 0. The number of benzene rings is 1. The molecule has 1 aromatic carbocycles. The molecule has 1 N–H and O–H groups in total. The Morgan fingerprint density at radius 2 is 2.17 bits per heavy atom. The smallest absolute Gasteiger partial charge is 0.338 e. The summed E-state index contributed by atoms with van der Waals surface area (Å²) in [5.74, 6) is -0.170. The van der Waals surface area contributed by atoms with E-state index in [1.165, 1.54) is 11.4 Å². The Morgan fingerprint density at radius 3 is 2.89 bits per heavy atom. The summed E-state index contributed by atoms with van der Waals surface area (Å²) >= 11 is 0. The molecule has 0 spiro atoms. The lowest BCUT2D eigenvalue weighted by atomic mass is 10.0. The molecule has 1 unspecified atom stereocenters. The van der Waals surface area contributed by atoms with Crippen LogP contribution in [0.5, 0.6) is 0 Å². The molecule has 1 aromatic rings. The first-order chi connectivity index (χ1) is 8.58. The van der Waals surface area contributed by atoms with Gasteiger partial charge in [-0.05, 0) is 37.5 Å². The second-order valence-electron chi connectivity index (χ2n) is 5.33. The summed E-state index contributed by atoms with van der Waals surface area (Å²) in [6, 6.07) is 5.78. The van der Waals surface area contributed by atoms with Gasteiger partial charge in [-0.15, -0.1) is 0 Å². The maximum Gasteiger partial charge on any atom is 0.338 e. The number of carbonyl (C=O) groups excluding carboxylic acids is 1. The third kappa shape index (κ3) is 2.91. The van der Waals surface area contributed by atoms with Crippen LogP contribution in [0, 0.1) is 13.8 Å². The van der Waals surface area contributed by atoms with Gasteiger partial charge in [-0.3, -0.25) is 0 Å². The number of nitrogens with one attached hydrogen (secondary N) is 1. The topological polar surface area (TPSA) is 30.7 Å². The lowest BCUT2D eigenvalue weighted by molar-refractivity contribution is -0.888. The molecule has 98 valence electrons. The first-order valence-electron chi connectivity index (χ1n) is 6.66. The fraction of sp³-hybridized carbons (Fsp3) is 0.533. The number of ether oxygens (including phenoxy) is 1. The Kier molecular flexibility index (Phi) is 4.02. The van der Waals surface area contributed by atoms with Crippen molar-refractivity contribution in [3.05, 3.63) is 34.9 Å². The molecule has 1 saturated heterocycles. The van der Waals surface area contributed by atoms with E-state index in [0.29, 0.717) is 5.56 Å². The zero-order valence-electron chi connectivity index (χ0n) is 11.5. The Balaban J connectivity index is 2.05. The van der Waals surface area contributed by atoms with E-state index in [0.717, 1.165) is 30.5 Å². The van der Waals surface area contributed by atoms with E-state index in [2.05, 4.69) is 7.05 Å². The highest BCUT2D eigenvalue weighted by Gasteiger charge is 2.24. The van der Waals surface area contributed by atoms with E-state index in [4.69, 9.17) is 4.74 Å². The van der Waals surface area contributed by atoms with Crippen molar-refractivity contribution in [2.24, 2.45) is 0 Å². The minimum absolute atomic E-state index is 0.0752. The van der Waals surface area contributed by atoms with Crippen LogP contribution < -0.4 is 4.90 Å². The monoisotopic (exact) mass is 248 g/mol. The van der Waals surface area contributed by atoms with Crippen LogP contribution in [0.25, 0.3) is 0 Å². The number of likely N-dealkylation sites (N-methyl/N-ethyl adjacent to an activating group) is 1. The van der Waals surface area contributed by atoms with Gasteiger partial charge in [0.05, 0.1) is 19.2 Å². The summed E-state index contributed by atoms with van der Waals surface area (Å²) < 4.78 is 5.62. The number of carbonyl (C=O) groups is 1. The SMILES string of the molecule is Cc1cccc(C(=O)O[C@@H]2CCC[NH+](C)C2)c1C. The van der Waals surface area contributed by atoms with Gasteiger partial charge in [-0.2, -0.15) is 0 Å². The highest BCUT2D eigenvalue weighted by Crippen LogP contribution is 2.15. The van der Waals surface area contributed by atoms with Gasteiger partial charge >= 0.3 is 5.97 Å². The second-order valence-corrected chi connectivity index (χ2v) is 5.33. The van der Waals surface area contributed by atoms with E-state index in [9.17, 15) is 4.79 Å². The maximum absolute atomic E-state index is 12.2. The summed E-state index contributed by atoms with van der Waals surface area (Å²) in [4.78, 5) is 13.6. The van der Waals surface area contributed by atoms with Crippen LogP contribution in [-0.2, 0) is 4.74 Å². The molecule has 2 atom stereocenters. The minimum atomic E-state index is -0.170. The van der Waals surface area contributed by atoms with Crippen LogP contribution in [-0.4, -0.2) is 32.2 Å². The Hall–Kier alpha value is -1.35.